The van der Waals surface area contributed by atoms with Gasteiger partial charge in [-0.2, -0.15) is 5.10 Å². The first kappa shape index (κ1) is 12.6. The Balaban J connectivity index is 1.86. The fraction of sp³-hybridized carbons (Fsp3) is 0.769. The number of rotatable bonds is 2. The summed E-state index contributed by atoms with van der Waals surface area (Å²) in [6, 6.07) is 2.11. The van der Waals surface area contributed by atoms with Gasteiger partial charge in [0.1, 0.15) is 0 Å². The quantitative estimate of drug-likeness (QED) is 0.774. The van der Waals surface area contributed by atoms with Gasteiger partial charge < -0.3 is 0 Å². The summed E-state index contributed by atoms with van der Waals surface area (Å²) in [7, 11) is 2.01. The van der Waals surface area contributed by atoms with Crippen molar-refractivity contribution >= 4 is 0 Å². The largest absolute Gasteiger partial charge is 0.296 e. The molecule has 0 atom stereocenters. The van der Waals surface area contributed by atoms with Gasteiger partial charge >= 0.3 is 0 Å². The summed E-state index contributed by atoms with van der Waals surface area (Å²) in [6.07, 6.45) is 1.88. The minimum Gasteiger partial charge on any atom is -0.296 e. The topological polar surface area (TPSA) is 24.3 Å². The van der Waals surface area contributed by atoms with Crippen molar-refractivity contribution in [3.05, 3.63) is 18.0 Å². The second kappa shape index (κ2) is 4.78. The second-order valence-electron chi connectivity index (χ2n) is 5.88. The summed E-state index contributed by atoms with van der Waals surface area (Å²) in [5.41, 5.74) is 1.60. The third-order valence-electron chi connectivity index (χ3n) is 3.63. The summed E-state index contributed by atoms with van der Waals surface area (Å²) in [5, 5.41) is 4.22. The number of aromatic nitrogens is 2. The lowest BCUT2D eigenvalue weighted by Crippen LogP contribution is -2.53. The van der Waals surface area contributed by atoms with Crippen LogP contribution in [0.2, 0.25) is 0 Å². The van der Waals surface area contributed by atoms with Gasteiger partial charge in [0.05, 0.1) is 5.69 Å². The van der Waals surface area contributed by atoms with E-state index in [9.17, 15) is 0 Å². The third kappa shape index (κ3) is 3.07. The van der Waals surface area contributed by atoms with Crippen molar-refractivity contribution in [3.63, 3.8) is 0 Å². The monoisotopic (exact) mass is 236 g/mol. The van der Waals surface area contributed by atoms with Crippen LogP contribution in [0.3, 0.4) is 0 Å². The van der Waals surface area contributed by atoms with E-state index in [1.165, 1.54) is 18.8 Å². The first-order valence-corrected chi connectivity index (χ1v) is 6.41. The highest BCUT2D eigenvalue weighted by Crippen LogP contribution is 2.16. The Kier molecular flexibility index (Phi) is 3.54. The Morgan fingerprint density at radius 3 is 2.29 bits per heavy atom. The van der Waals surface area contributed by atoms with Crippen molar-refractivity contribution in [1.82, 2.24) is 19.6 Å². The number of hydrogen-bond donors (Lipinski definition) is 0. The average molecular weight is 236 g/mol. The molecule has 1 aliphatic heterocycles. The molecule has 1 aliphatic rings. The molecule has 0 spiro atoms. The molecular formula is C13H24N4. The lowest BCUT2D eigenvalue weighted by Gasteiger charge is -2.42. The lowest BCUT2D eigenvalue weighted by atomic mass is 10.0. The standard InChI is InChI=1S/C13H24N4/c1-13(2,3)17-9-7-16(8-10-17)11-12-5-6-14-15(12)4/h5-6H,7-11H2,1-4H3. The Morgan fingerprint density at radius 2 is 1.82 bits per heavy atom. The Hall–Kier alpha value is -0.870. The predicted molar refractivity (Wildman–Crippen MR) is 69.8 cm³/mol. The van der Waals surface area contributed by atoms with E-state index in [2.05, 4.69) is 41.7 Å². The highest BCUT2D eigenvalue weighted by molar-refractivity contribution is 5.00. The molecule has 96 valence electrons. The van der Waals surface area contributed by atoms with Crippen molar-refractivity contribution in [2.45, 2.75) is 32.9 Å². The van der Waals surface area contributed by atoms with Gasteiger partial charge in [-0.05, 0) is 26.8 Å². The molecule has 17 heavy (non-hydrogen) atoms. The molecule has 0 aliphatic carbocycles. The molecule has 4 heteroatoms. The third-order valence-corrected chi connectivity index (χ3v) is 3.63. The molecule has 0 N–H and O–H groups in total. The maximum Gasteiger partial charge on any atom is 0.0521 e. The molecule has 1 aromatic rings. The summed E-state index contributed by atoms with van der Waals surface area (Å²) < 4.78 is 1.97. The van der Waals surface area contributed by atoms with E-state index in [4.69, 9.17) is 0 Å². The summed E-state index contributed by atoms with van der Waals surface area (Å²) in [6.45, 7) is 12.6. The predicted octanol–water partition coefficient (Wildman–Crippen LogP) is 1.34. The van der Waals surface area contributed by atoms with Gasteiger partial charge in [0.15, 0.2) is 0 Å². The van der Waals surface area contributed by atoms with Crippen LogP contribution in [0.15, 0.2) is 12.3 Å². The van der Waals surface area contributed by atoms with Gasteiger partial charge in [0.25, 0.3) is 0 Å². The van der Waals surface area contributed by atoms with Crippen molar-refractivity contribution in [3.8, 4) is 0 Å². The Morgan fingerprint density at radius 1 is 1.18 bits per heavy atom. The van der Waals surface area contributed by atoms with Gasteiger partial charge in [-0.25, -0.2) is 0 Å². The van der Waals surface area contributed by atoms with E-state index in [0.29, 0.717) is 5.54 Å². The molecule has 0 unspecified atom stereocenters. The van der Waals surface area contributed by atoms with Crippen molar-refractivity contribution in [1.29, 1.82) is 0 Å². The van der Waals surface area contributed by atoms with Gasteiger partial charge in [-0.15, -0.1) is 0 Å². The molecule has 0 saturated carbocycles. The van der Waals surface area contributed by atoms with Crippen LogP contribution in [0.1, 0.15) is 26.5 Å². The molecule has 0 radical (unpaired) electrons. The summed E-state index contributed by atoms with van der Waals surface area (Å²) >= 11 is 0. The summed E-state index contributed by atoms with van der Waals surface area (Å²) in [4.78, 5) is 5.08. The minimum atomic E-state index is 0.304. The van der Waals surface area contributed by atoms with Gasteiger partial charge in [-0.1, -0.05) is 0 Å². The van der Waals surface area contributed by atoms with Crippen LogP contribution < -0.4 is 0 Å². The van der Waals surface area contributed by atoms with Gasteiger partial charge in [0.2, 0.25) is 0 Å². The highest BCUT2D eigenvalue weighted by Gasteiger charge is 2.25. The number of piperazine rings is 1. The normalized spacial score (nSPS) is 19.8. The highest BCUT2D eigenvalue weighted by atomic mass is 15.3. The van der Waals surface area contributed by atoms with Crippen molar-refractivity contribution in [2.24, 2.45) is 7.05 Å². The van der Waals surface area contributed by atoms with Crippen LogP contribution in [-0.2, 0) is 13.6 Å². The minimum absolute atomic E-state index is 0.304. The van der Waals surface area contributed by atoms with E-state index >= 15 is 0 Å². The van der Waals surface area contributed by atoms with Crippen LogP contribution in [0.4, 0.5) is 0 Å². The van der Waals surface area contributed by atoms with Gasteiger partial charge in [0, 0.05) is 51.5 Å². The SMILES string of the molecule is Cn1nccc1CN1CCN(C(C)(C)C)CC1. The zero-order valence-electron chi connectivity index (χ0n) is 11.5. The molecule has 0 bridgehead atoms. The van der Waals surface area contributed by atoms with Crippen LogP contribution >= 0.6 is 0 Å². The van der Waals surface area contributed by atoms with E-state index in [1.54, 1.807) is 0 Å². The first-order chi connectivity index (χ1) is 7.97. The molecular weight excluding hydrogens is 212 g/mol. The van der Waals surface area contributed by atoms with Crippen LogP contribution in [0, 0.1) is 0 Å². The van der Waals surface area contributed by atoms with Gasteiger partial charge in [-0.3, -0.25) is 14.5 Å². The molecule has 0 amide bonds. The molecule has 1 aromatic heterocycles. The lowest BCUT2D eigenvalue weighted by molar-refractivity contribution is 0.0581. The zero-order valence-corrected chi connectivity index (χ0v) is 11.5. The van der Waals surface area contributed by atoms with Crippen molar-refractivity contribution < 1.29 is 0 Å². The van der Waals surface area contributed by atoms with Crippen LogP contribution in [0.25, 0.3) is 0 Å². The molecule has 2 heterocycles. The maximum atomic E-state index is 4.22. The first-order valence-electron chi connectivity index (χ1n) is 6.41. The van der Waals surface area contributed by atoms with E-state index < -0.39 is 0 Å². The second-order valence-corrected chi connectivity index (χ2v) is 5.88. The zero-order chi connectivity index (χ0) is 12.5. The fourth-order valence-corrected chi connectivity index (χ4v) is 2.36. The van der Waals surface area contributed by atoms with Crippen LogP contribution in [-0.4, -0.2) is 51.3 Å². The Labute approximate surface area is 104 Å². The van der Waals surface area contributed by atoms with E-state index in [0.717, 1.165) is 19.6 Å². The molecule has 4 nitrogen and oxygen atoms in total. The molecule has 0 aromatic carbocycles. The van der Waals surface area contributed by atoms with E-state index in [-0.39, 0.29) is 0 Å². The fourth-order valence-electron chi connectivity index (χ4n) is 2.36. The number of aryl methyl sites for hydroxylation is 1. The Bertz CT molecular complexity index is 356. The summed E-state index contributed by atoms with van der Waals surface area (Å²) in [5.74, 6) is 0. The van der Waals surface area contributed by atoms with Crippen LogP contribution in [0.5, 0.6) is 0 Å². The van der Waals surface area contributed by atoms with Crippen molar-refractivity contribution in [2.75, 3.05) is 26.2 Å². The average Bonchev–Trinajstić information content (AvgIpc) is 2.64. The van der Waals surface area contributed by atoms with E-state index in [1.807, 2.05) is 17.9 Å². The molecule has 1 saturated heterocycles. The molecule has 1 fully saturated rings. The maximum absolute atomic E-state index is 4.22. The smallest absolute Gasteiger partial charge is 0.0521 e. The number of hydrogen-bond acceptors (Lipinski definition) is 3. The number of nitrogens with zero attached hydrogens (tertiary/aromatic N) is 4. The molecule has 2 rings (SSSR count).